The van der Waals surface area contributed by atoms with Crippen molar-refractivity contribution in [3.05, 3.63) is 57.2 Å². The molecule has 0 fully saturated rings. The lowest BCUT2D eigenvalue weighted by molar-refractivity contribution is -0.141. The Kier molecular flexibility index (Phi) is 4.32. The average Bonchev–Trinajstić information content (AvgIpc) is 3.19. The van der Waals surface area contributed by atoms with E-state index in [2.05, 4.69) is 15.9 Å². The summed E-state index contributed by atoms with van der Waals surface area (Å²) in [4.78, 5) is 12.7. The highest BCUT2D eigenvalue weighted by molar-refractivity contribution is 9.10. The van der Waals surface area contributed by atoms with Crippen LogP contribution in [0.2, 0.25) is 5.02 Å². The molecule has 0 amide bonds. The fourth-order valence-corrected chi connectivity index (χ4v) is 3.92. The van der Waals surface area contributed by atoms with Gasteiger partial charge in [0.25, 0.3) is 0 Å². The minimum Gasteiger partial charge on any atom is -0.468 e. The Labute approximate surface area is 163 Å². The van der Waals surface area contributed by atoms with Crippen molar-refractivity contribution in [2.45, 2.75) is 5.92 Å². The van der Waals surface area contributed by atoms with Crippen molar-refractivity contribution in [3.8, 4) is 11.5 Å². The van der Waals surface area contributed by atoms with Gasteiger partial charge in [-0.05, 0) is 29.3 Å². The van der Waals surface area contributed by atoms with Crippen LogP contribution in [0.25, 0.3) is 10.9 Å². The fourth-order valence-electron chi connectivity index (χ4n) is 3.31. The zero-order valence-electron chi connectivity index (χ0n) is 14.1. The number of aromatic nitrogens is 1. The van der Waals surface area contributed by atoms with Crippen LogP contribution in [-0.4, -0.2) is 24.4 Å². The number of halogens is 2. The largest absolute Gasteiger partial charge is 0.468 e. The standard InChI is InChI=1S/C19H15BrClNO4/c1-22-8-13(11-4-3-10(20)5-15(11)22)18(19(23)24-2)12-6-16-17(7-14(12)21)26-9-25-16/h3-8,18H,9H2,1-2H3. The fraction of sp³-hybridized carbons (Fsp3) is 0.211. The number of esters is 1. The summed E-state index contributed by atoms with van der Waals surface area (Å²) in [5, 5.41) is 1.39. The second-order valence-electron chi connectivity index (χ2n) is 6.04. The Morgan fingerprint density at radius 1 is 1.23 bits per heavy atom. The molecule has 1 aliphatic rings. The van der Waals surface area contributed by atoms with Gasteiger partial charge in [0.05, 0.1) is 7.11 Å². The molecule has 0 saturated carbocycles. The topological polar surface area (TPSA) is 49.7 Å². The molecule has 0 bridgehead atoms. The summed E-state index contributed by atoms with van der Waals surface area (Å²) in [5.41, 5.74) is 2.45. The molecular formula is C19H15BrClNO4. The summed E-state index contributed by atoms with van der Waals surface area (Å²) < 4.78 is 18.9. The Bertz CT molecular complexity index is 1030. The highest BCUT2D eigenvalue weighted by Gasteiger charge is 2.31. The lowest BCUT2D eigenvalue weighted by Crippen LogP contribution is -2.16. The van der Waals surface area contributed by atoms with Crippen molar-refractivity contribution in [2.24, 2.45) is 7.05 Å². The van der Waals surface area contributed by atoms with Crippen LogP contribution in [0.3, 0.4) is 0 Å². The van der Waals surface area contributed by atoms with Gasteiger partial charge in [0.1, 0.15) is 5.92 Å². The molecule has 0 aliphatic carbocycles. The highest BCUT2D eigenvalue weighted by atomic mass is 79.9. The molecule has 0 spiro atoms. The molecule has 1 unspecified atom stereocenters. The molecule has 2 aromatic carbocycles. The van der Waals surface area contributed by atoms with Crippen LogP contribution in [0.15, 0.2) is 41.0 Å². The van der Waals surface area contributed by atoms with E-state index in [0.29, 0.717) is 22.1 Å². The predicted molar refractivity (Wildman–Crippen MR) is 102 cm³/mol. The molecule has 3 aromatic rings. The first-order chi connectivity index (χ1) is 12.5. The van der Waals surface area contributed by atoms with Crippen LogP contribution in [0.5, 0.6) is 11.5 Å². The third-order valence-electron chi connectivity index (χ3n) is 4.53. The van der Waals surface area contributed by atoms with Gasteiger partial charge in [0.15, 0.2) is 11.5 Å². The highest BCUT2D eigenvalue weighted by Crippen LogP contribution is 2.43. The van der Waals surface area contributed by atoms with Crippen LogP contribution in [0.4, 0.5) is 0 Å². The van der Waals surface area contributed by atoms with Gasteiger partial charge in [0.2, 0.25) is 6.79 Å². The summed E-state index contributed by atoms with van der Waals surface area (Å²) in [6.45, 7) is 0.139. The molecule has 2 heterocycles. The first-order valence-electron chi connectivity index (χ1n) is 7.91. The second-order valence-corrected chi connectivity index (χ2v) is 7.36. The van der Waals surface area contributed by atoms with Gasteiger partial charge in [-0.3, -0.25) is 4.79 Å². The van der Waals surface area contributed by atoms with Gasteiger partial charge in [-0.2, -0.15) is 0 Å². The number of hydrogen-bond acceptors (Lipinski definition) is 4. The summed E-state index contributed by atoms with van der Waals surface area (Å²) in [6.07, 6.45) is 1.93. The molecule has 5 nitrogen and oxygen atoms in total. The maximum absolute atomic E-state index is 12.7. The van der Waals surface area contributed by atoms with Gasteiger partial charge < -0.3 is 18.8 Å². The van der Waals surface area contributed by atoms with Crippen LogP contribution in [-0.2, 0) is 16.6 Å². The number of ether oxygens (including phenoxy) is 3. The van der Waals surface area contributed by atoms with Gasteiger partial charge in [-0.15, -0.1) is 0 Å². The van der Waals surface area contributed by atoms with Gasteiger partial charge in [-0.25, -0.2) is 0 Å². The molecule has 7 heteroatoms. The molecule has 0 saturated heterocycles. The van der Waals surface area contributed by atoms with Gasteiger partial charge in [0, 0.05) is 39.7 Å². The van der Waals surface area contributed by atoms with E-state index in [0.717, 1.165) is 20.9 Å². The van der Waals surface area contributed by atoms with Crippen molar-refractivity contribution in [1.82, 2.24) is 4.57 Å². The lowest BCUT2D eigenvalue weighted by Gasteiger charge is -2.17. The number of carbonyl (C=O) groups is 1. The van der Waals surface area contributed by atoms with E-state index in [-0.39, 0.29) is 12.8 Å². The monoisotopic (exact) mass is 435 g/mol. The summed E-state index contributed by atoms with van der Waals surface area (Å²) in [6, 6.07) is 9.36. The molecular weight excluding hydrogens is 422 g/mol. The normalized spacial score (nSPS) is 13.8. The van der Waals surface area contributed by atoms with Crippen LogP contribution in [0.1, 0.15) is 17.0 Å². The van der Waals surface area contributed by atoms with E-state index in [9.17, 15) is 4.79 Å². The van der Waals surface area contributed by atoms with Crippen molar-refractivity contribution in [3.63, 3.8) is 0 Å². The van der Waals surface area contributed by atoms with E-state index in [1.807, 2.05) is 36.0 Å². The Hall–Kier alpha value is -2.18. The van der Waals surface area contributed by atoms with Gasteiger partial charge in [-0.1, -0.05) is 33.6 Å². The third-order valence-corrected chi connectivity index (χ3v) is 5.35. The Morgan fingerprint density at radius 3 is 2.69 bits per heavy atom. The number of fused-ring (bicyclic) bond motifs is 2. The molecule has 4 rings (SSSR count). The molecule has 1 aliphatic heterocycles. The van der Waals surface area contributed by atoms with E-state index < -0.39 is 5.92 Å². The maximum atomic E-state index is 12.7. The van der Waals surface area contributed by atoms with E-state index in [1.165, 1.54) is 7.11 Å². The molecule has 1 atom stereocenters. The number of hydrogen-bond donors (Lipinski definition) is 0. The lowest BCUT2D eigenvalue weighted by atomic mass is 9.90. The average molecular weight is 437 g/mol. The smallest absolute Gasteiger partial charge is 0.317 e. The first kappa shape index (κ1) is 17.2. The van der Waals surface area contributed by atoms with Crippen LogP contribution >= 0.6 is 27.5 Å². The minimum absolute atomic E-state index is 0.139. The molecule has 134 valence electrons. The van der Waals surface area contributed by atoms with Crippen molar-refractivity contribution in [2.75, 3.05) is 13.9 Å². The minimum atomic E-state index is -0.674. The number of carbonyl (C=O) groups excluding carboxylic acids is 1. The second kappa shape index (κ2) is 6.52. The van der Waals surface area contributed by atoms with Crippen molar-refractivity contribution >= 4 is 44.4 Å². The SMILES string of the molecule is COC(=O)C(c1cc2c(cc1Cl)OCO2)c1cn(C)c2cc(Br)ccc12. The zero-order chi connectivity index (χ0) is 18.4. The van der Waals surface area contributed by atoms with Crippen molar-refractivity contribution in [1.29, 1.82) is 0 Å². The quantitative estimate of drug-likeness (QED) is 0.562. The Morgan fingerprint density at radius 2 is 1.96 bits per heavy atom. The summed E-state index contributed by atoms with van der Waals surface area (Å²) >= 11 is 9.97. The molecule has 26 heavy (non-hydrogen) atoms. The number of aryl methyl sites for hydroxylation is 1. The zero-order valence-corrected chi connectivity index (χ0v) is 16.4. The van der Waals surface area contributed by atoms with Gasteiger partial charge >= 0.3 is 5.97 Å². The van der Waals surface area contributed by atoms with Crippen molar-refractivity contribution < 1.29 is 19.0 Å². The molecule has 0 radical (unpaired) electrons. The van der Waals surface area contributed by atoms with E-state index >= 15 is 0 Å². The first-order valence-corrected chi connectivity index (χ1v) is 9.08. The summed E-state index contributed by atoms with van der Waals surface area (Å²) in [7, 11) is 3.31. The maximum Gasteiger partial charge on any atom is 0.317 e. The Balaban J connectivity index is 1.94. The predicted octanol–water partition coefficient (Wildman–Crippen LogP) is 4.63. The van der Waals surface area contributed by atoms with Crippen LogP contribution < -0.4 is 9.47 Å². The number of rotatable bonds is 3. The molecule has 0 N–H and O–H groups in total. The number of methoxy groups -OCH3 is 1. The number of nitrogens with zero attached hydrogens (tertiary/aromatic N) is 1. The summed E-state index contributed by atoms with van der Waals surface area (Å²) in [5.74, 6) is 0.0820. The van der Waals surface area contributed by atoms with Crippen LogP contribution in [0, 0.1) is 0 Å². The molecule has 1 aromatic heterocycles. The number of benzene rings is 2. The van der Waals surface area contributed by atoms with E-state index in [1.54, 1.807) is 12.1 Å². The third kappa shape index (κ3) is 2.73. The van der Waals surface area contributed by atoms with E-state index in [4.69, 9.17) is 25.8 Å².